The number of ether oxygens (including phenoxy) is 2. The Hall–Kier alpha value is -3.24. The molecule has 9 nitrogen and oxygen atoms in total. The number of carbonyl (C=O) groups excluding carboxylic acids is 4. The van der Waals surface area contributed by atoms with E-state index in [-0.39, 0.29) is 11.3 Å². The standard InChI is InChI=1S/C16H19F2N3O6/c1-2-6-19-16(25)21-12(22)9-26-13(23)8-20-14(24)10-4-3-5-11(7-10)27-15(17)18/h3-5,7,15H,2,6,8-9H2,1H3,(H,20,24)(H2,19,21,22,25). The molecule has 4 amide bonds. The van der Waals surface area contributed by atoms with Gasteiger partial charge in [-0.2, -0.15) is 8.78 Å². The molecule has 27 heavy (non-hydrogen) atoms. The van der Waals surface area contributed by atoms with Crippen molar-refractivity contribution in [2.24, 2.45) is 0 Å². The molecule has 0 radical (unpaired) electrons. The minimum atomic E-state index is -3.03. The Morgan fingerprint density at radius 3 is 2.56 bits per heavy atom. The molecule has 0 aliphatic heterocycles. The number of esters is 1. The van der Waals surface area contributed by atoms with Crippen molar-refractivity contribution >= 4 is 23.8 Å². The number of urea groups is 1. The van der Waals surface area contributed by atoms with Crippen LogP contribution in [0.15, 0.2) is 24.3 Å². The molecule has 0 saturated heterocycles. The molecule has 1 rings (SSSR count). The third-order valence-electron chi connectivity index (χ3n) is 2.87. The van der Waals surface area contributed by atoms with Crippen LogP contribution in [-0.4, -0.2) is 50.1 Å². The summed E-state index contributed by atoms with van der Waals surface area (Å²) in [5.41, 5.74) is -0.00807. The molecule has 11 heteroatoms. The first-order valence-corrected chi connectivity index (χ1v) is 7.88. The Labute approximate surface area is 153 Å². The summed E-state index contributed by atoms with van der Waals surface area (Å²) in [5, 5.41) is 6.56. The number of hydrogen-bond donors (Lipinski definition) is 3. The van der Waals surface area contributed by atoms with Crippen LogP contribution in [0, 0.1) is 0 Å². The summed E-state index contributed by atoms with van der Waals surface area (Å²) in [4.78, 5) is 46.0. The van der Waals surface area contributed by atoms with E-state index in [0.717, 1.165) is 6.07 Å². The lowest BCUT2D eigenvalue weighted by Gasteiger charge is -2.09. The van der Waals surface area contributed by atoms with Gasteiger partial charge in [0.1, 0.15) is 12.3 Å². The predicted molar refractivity (Wildman–Crippen MR) is 88.2 cm³/mol. The second-order valence-electron chi connectivity index (χ2n) is 5.05. The van der Waals surface area contributed by atoms with E-state index in [9.17, 15) is 28.0 Å². The van der Waals surface area contributed by atoms with Gasteiger partial charge in [0.05, 0.1) is 0 Å². The number of imide groups is 1. The third-order valence-corrected chi connectivity index (χ3v) is 2.87. The number of carbonyl (C=O) groups is 4. The van der Waals surface area contributed by atoms with Crippen LogP contribution in [0.5, 0.6) is 5.75 Å². The summed E-state index contributed by atoms with van der Waals surface area (Å²) in [5.74, 6) is -2.69. The van der Waals surface area contributed by atoms with E-state index in [4.69, 9.17) is 0 Å². The number of halogens is 2. The number of nitrogens with one attached hydrogen (secondary N) is 3. The zero-order chi connectivity index (χ0) is 20.2. The lowest BCUT2D eigenvalue weighted by Crippen LogP contribution is -2.42. The van der Waals surface area contributed by atoms with Crippen molar-refractivity contribution < 1.29 is 37.4 Å². The highest BCUT2D eigenvalue weighted by molar-refractivity contribution is 5.97. The summed E-state index contributed by atoms with van der Waals surface area (Å²) in [6, 6.07) is 4.28. The topological polar surface area (TPSA) is 123 Å². The highest BCUT2D eigenvalue weighted by atomic mass is 19.3. The minimum Gasteiger partial charge on any atom is -0.454 e. The SMILES string of the molecule is CCCNC(=O)NC(=O)COC(=O)CNC(=O)c1cccc(OC(F)F)c1. The fourth-order valence-electron chi connectivity index (χ4n) is 1.71. The van der Waals surface area contributed by atoms with Gasteiger partial charge in [0.15, 0.2) is 6.61 Å². The molecular formula is C16H19F2N3O6. The zero-order valence-electron chi connectivity index (χ0n) is 14.4. The zero-order valence-corrected chi connectivity index (χ0v) is 14.4. The maximum absolute atomic E-state index is 12.2. The van der Waals surface area contributed by atoms with Gasteiger partial charge in [-0.05, 0) is 24.6 Å². The Morgan fingerprint density at radius 2 is 1.89 bits per heavy atom. The maximum atomic E-state index is 12.2. The molecule has 0 heterocycles. The van der Waals surface area contributed by atoms with E-state index in [2.05, 4.69) is 20.1 Å². The Morgan fingerprint density at radius 1 is 1.15 bits per heavy atom. The van der Waals surface area contributed by atoms with Crippen molar-refractivity contribution in [3.63, 3.8) is 0 Å². The Kier molecular flexibility index (Phi) is 9.20. The quantitative estimate of drug-likeness (QED) is 0.539. The lowest BCUT2D eigenvalue weighted by molar-refractivity contribution is -0.147. The fraction of sp³-hybridized carbons (Fsp3) is 0.375. The first-order valence-electron chi connectivity index (χ1n) is 7.88. The van der Waals surface area contributed by atoms with E-state index in [0.29, 0.717) is 13.0 Å². The average molecular weight is 387 g/mol. The summed E-state index contributed by atoms with van der Waals surface area (Å²) >= 11 is 0. The normalized spacial score (nSPS) is 10.1. The van der Waals surface area contributed by atoms with Crippen LogP contribution < -0.4 is 20.7 Å². The van der Waals surface area contributed by atoms with Gasteiger partial charge in [-0.3, -0.25) is 19.7 Å². The smallest absolute Gasteiger partial charge is 0.387 e. The molecule has 0 atom stereocenters. The van der Waals surface area contributed by atoms with Gasteiger partial charge in [-0.25, -0.2) is 4.79 Å². The highest BCUT2D eigenvalue weighted by Crippen LogP contribution is 2.15. The van der Waals surface area contributed by atoms with Crippen molar-refractivity contribution in [3.05, 3.63) is 29.8 Å². The van der Waals surface area contributed by atoms with Crippen LogP contribution in [0.25, 0.3) is 0 Å². The summed E-state index contributed by atoms with van der Waals surface area (Å²) < 4.78 is 33.1. The first-order chi connectivity index (χ1) is 12.8. The summed E-state index contributed by atoms with van der Waals surface area (Å²) in [6.45, 7) is -2.08. The summed E-state index contributed by atoms with van der Waals surface area (Å²) in [6.07, 6.45) is 0.688. The molecular weight excluding hydrogens is 368 g/mol. The second-order valence-corrected chi connectivity index (χ2v) is 5.05. The van der Waals surface area contributed by atoms with Gasteiger partial charge in [0.2, 0.25) is 0 Å². The predicted octanol–water partition coefficient (Wildman–Crippen LogP) is 0.797. The molecule has 1 aromatic rings. The molecule has 148 valence electrons. The highest BCUT2D eigenvalue weighted by Gasteiger charge is 2.13. The van der Waals surface area contributed by atoms with Gasteiger partial charge in [0.25, 0.3) is 11.8 Å². The number of alkyl halides is 2. The van der Waals surface area contributed by atoms with E-state index in [1.54, 1.807) is 0 Å². The summed E-state index contributed by atoms with van der Waals surface area (Å²) in [7, 11) is 0. The van der Waals surface area contributed by atoms with Crippen molar-refractivity contribution in [2.45, 2.75) is 20.0 Å². The fourth-order valence-corrected chi connectivity index (χ4v) is 1.71. The Bertz CT molecular complexity index is 684. The van der Waals surface area contributed by atoms with Gasteiger partial charge in [-0.1, -0.05) is 13.0 Å². The van der Waals surface area contributed by atoms with E-state index in [1.165, 1.54) is 18.2 Å². The van der Waals surface area contributed by atoms with Crippen LogP contribution in [0.1, 0.15) is 23.7 Å². The van der Waals surface area contributed by atoms with Crippen LogP contribution in [0.3, 0.4) is 0 Å². The third kappa shape index (κ3) is 9.14. The second kappa shape index (κ2) is 11.4. The number of amides is 4. The van der Waals surface area contributed by atoms with Crippen LogP contribution in [-0.2, 0) is 14.3 Å². The molecule has 0 bridgehead atoms. The van der Waals surface area contributed by atoms with E-state index < -0.39 is 43.6 Å². The van der Waals surface area contributed by atoms with Gasteiger partial charge in [-0.15, -0.1) is 0 Å². The first kappa shape index (κ1) is 21.8. The van der Waals surface area contributed by atoms with Crippen molar-refractivity contribution in [1.82, 2.24) is 16.0 Å². The van der Waals surface area contributed by atoms with Crippen LogP contribution >= 0.6 is 0 Å². The van der Waals surface area contributed by atoms with Crippen LogP contribution in [0.4, 0.5) is 13.6 Å². The van der Waals surface area contributed by atoms with Gasteiger partial charge >= 0.3 is 18.6 Å². The molecule has 3 N–H and O–H groups in total. The number of benzene rings is 1. The van der Waals surface area contributed by atoms with E-state index in [1.807, 2.05) is 12.2 Å². The molecule has 0 aliphatic rings. The average Bonchev–Trinajstić information content (AvgIpc) is 2.62. The number of hydrogen-bond acceptors (Lipinski definition) is 6. The van der Waals surface area contributed by atoms with Crippen molar-refractivity contribution in [1.29, 1.82) is 0 Å². The molecule has 0 saturated carbocycles. The minimum absolute atomic E-state index is 0.00807. The van der Waals surface area contributed by atoms with Crippen molar-refractivity contribution in [2.75, 3.05) is 19.7 Å². The monoisotopic (exact) mass is 387 g/mol. The molecule has 1 aromatic carbocycles. The molecule has 0 aromatic heterocycles. The molecule has 0 unspecified atom stereocenters. The van der Waals surface area contributed by atoms with Gasteiger partial charge in [0, 0.05) is 12.1 Å². The number of rotatable bonds is 9. The van der Waals surface area contributed by atoms with E-state index >= 15 is 0 Å². The van der Waals surface area contributed by atoms with Gasteiger partial charge < -0.3 is 20.1 Å². The molecule has 0 fully saturated rings. The maximum Gasteiger partial charge on any atom is 0.387 e. The van der Waals surface area contributed by atoms with Crippen molar-refractivity contribution in [3.8, 4) is 5.75 Å². The largest absolute Gasteiger partial charge is 0.454 e. The molecule has 0 aliphatic carbocycles. The lowest BCUT2D eigenvalue weighted by atomic mass is 10.2. The van der Waals surface area contributed by atoms with Crippen LogP contribution in [0.2, 0.25) is 0 Å². The molecule has 0 spiro atoms. The Balaban J connectivity index is 2.36.